The standard InChI is InChI=1S/C18H11N3O5S/c1-10-9-19-18(27-10)20-16(22)14-7-6-13(8-15(14)17(20)23)26-12-4-2-11(3-5-12)21(24)25/h2-9H,1H3. The lowest BCUT2D eigenvalue weighted by atomic mass is 10.1. The van der Waals surface area contributed by atoms with E-state index in [1.165, 1.54) is 47.7 Å². The van der Waals surface area contributed by atoms with Crippen molar-refractivity contribution in [3.8, 4) is 11.5 Å². The zero-order valence-corrected chi connectivity index (χ0v) is 14.7. The Bertz CT molecular complexity index is 1090. The van der Waals surface area contributed by atoms with Gasteiger partial charge in [0.15, 0.2) is 5.13 Å². The molecule has 8 nitrogen and oxygen atoms in total. The van der Waals surface area contributed by atoms with E-state index < -0.39 is 16.7 Å². The van der Waals surface area contributed by atoms with Crippen molar-refractivity contribution in [2.24, 2.45) is 0 Å². The van der Waals surface area contributed by atoms with E-state index in [4.69, 9.17) is 4.74 Å². The second kappa shape index (κ2) is 6.29. The predicted octanol–water partition coefficient (Wildman–Crippen LogP) is 3.95. The SMILES string of the molecule is Cc1cnc(N2C(=O)c3ccc(Oc4ccc([N+](=O)[O-])cc4)cc3C2=O)s1. The van der Waals surface area contributed by atoms with Crippen LogP contribution in [-0.2, 0) is 0 Å². The van der Waals surface area contributed by atoms with Gasteiger partial charge in [0.1, 0.15) is 11.5 Å². The van der Waals surface area contributed by atoms with Gasteiger partial charge in [-0.25, -0.2) is 9.88 Å². The number of thiazole rings is 1. The number of carbonyl (C=O) groups is 2. The van der Waals surface area contributed by atoms with Gasteiger partial charge in [0.05, 0.1) is 16.1 Å². The molecular formula is C18H11N3O5S. The van der Waals surface area contributed by atoms with E-state index in [1.807, 2.05) is 6.92 Å². The van der Waals surface area contributed by atoms with Gasteiger partial charge in [-0.1, -0.05) is 0 Å². The van der Waals surface area contributed by atoms with Crippen molar-refractivity contribution < 1.29 is 19.2 Å². The number of anilines is 1. The first-order valence-corrected chi connectivity index (χ1v) is 8.63. The number of benzene rings is 2. The summed E-state index contributed by atoms with van der Waals surface area (Å²) in [6, 6.07) is 10.1. The fourth-order valence-corrected chi connectivity index (χ4v) is 3.43. The first kappa shape index (κ1) is 16.9. The topological polar surface area (TPSA) is 103 Å². The lowest BCUT2D eigenvalue weighted by Gasteiger charge is -2.08. The minimum absolute atomic E-state index is 0.0496. The largest absolute Gasteiger partial charge is 0.457 e. The molecule has 3 aromatic rings. The number of aryl methyl sites for hydroxylation is 1. The molecule has 0 unspecified atom stereocenters. The average molecular weight is 381 g/mol. The Hall–Kier alpha value is -3.59. The van der Waals surface area contributed by atoms with Crippen LogP contribution in [0.25, 0.3) is 0 Å². The number of imide groups is 1. The zero-order valence-electron chi connectivity index (χ0n) is 13.9. The Morgan fingerprint density at radius 2 is 1.70 bits per heavy atom. The second-order valence-electron chi connectivity index (χ2n) is 5.76. The summed E-state index contributed by atoms with van der Waals surface area (Å²) in [7, 11) is 0. The van der Waals surface area contributed by atoms with E-state index in [-0.39, 0.29) is 16.8 Å². The highest BCUT2D eigenvalue weighted by Crippen LogP contribution is 2.34. The van der Waals surface area contributed by atoms with Gasteiger partial charge in [-0.3, -0.25) is 19.7 Å². The predicted molar refractivity (Wildman–Crippen MR) is 97.6 cm³/mol. The summed E-state index contributed by atoms with van der Waals surface area (Å²) in [4.78, 5) is 41.5. The highest BCUT2D eigenvalue weighted by atomic mass is 32.1. The van der Waals surface area contributed by atoms with Crippen molar-refractivity contribution in [3.63, 3.8) is 0 Å². The first-order chi connectivity index (χ1) is 12.9. The van der Waals surface area contributed by atoms with Crippen LogP contribution in [0.1, 0.15) is 25.6 Å². The van der Waals surface area contributed by atoms with E-state index in [2.05, 4.69) is 4.98 Å². The molecule has 134 valence electrons. The smallest absolute Gasteiger partial charge is 0.269 e. The highest BCUT2D eigenvalue weighted by Gasteiger charge is 2.38. The molecule has 0 radical (unpaired) electrons. The van der Waals surface area contributed by atoms with Crippen LogP contribution in [0.3, 0.4) is 0 Å². The molecular weight excluding hydrogens is 370 g/mol. The maximum Gasteiger partial charge on any atom is 0.269 e. The number of nitrogens with zero attached hydrogens (tertiary/aromatic N) is 3. The summed E-state index contributed by atoms with van der Waals surface area (Å²) in [5.41, 5.74) is 0.461. The molecule has 0 spiro atoms. The minimum atomic E-state index is -0.502. The Morgan fingerprint density at radius 1 is 1.04 bits per heavy atom. The lowest BCUT2D eigenvalue weighted by molar-refractivity contribution is -0.384. The fraction of sp³-hybridized carbons (Fsp3) is 0.0556. The van der Waals surface area contributed by atoms with E-state index in [0.29, 0.717) is 16.6 Å². The summed E-state index contributed by atoms with van der Waals surface area (Å²) in [6.07, 6.45) is 1.60. The van der Waals surface area contributed by atoms with E-state index in [0.717, 1.165) is 9.78 Å². The molecule has 2 amide bonds. The van der Waals surface area contributed by atoms with Crippen molar-refractivity contribution in [1.29, 1.82) is 0 Å². The Labute approximate surface area is 156 Å². The van der Waals surface area contributed by atoms with Gasteiger partial charge < -0.3 is 4.74 Å². The summed E-state index contributed by atoms with van der Waals surface area (Å²) in [5, 5.41) is 11.0. The lowest BCUT2D eigenvalue weighted by Crippen LogP contribution is -2.29. The van der Waals surface area contributed by atoms with E-state index >= 15 is 0 Å². The monoisotopic (exact) mass is 381 g/mol. The van der Waals surface area contributed by atoms with Crippen molar-refractivity contribution in [2.75, 3.05) is 4.90 Å². The molecule has 9 heteroatoms. The van der Waals surface area contributed by atoms with Gasteiger partial charge in [-0.15, -0.1) is 11.3 Å². The highest BCUT2D eigenvalue weighted by molar-refractivity contribution is 7.16. The molecule has 1 aliphatic rings. The fourth-order valence-electron chi connectivity index (χ4n) is 2.68. The third-order valence-corrected chi connectivity index (χ3v) is 4.84. The molecule has 0 atom stereocenters. The third kappa shape index (κ3) is 2.93. The number of hydrogen-bond donors (Lipinski definition) is 0. The molecule has 1 aromatic heterocycles. The number of carbonyl (C=O) groups excluding carboxylic acids is 2. The van der Waals surface area contributed by atoms with Gasteiger partial charge in [0.25, 0.3) is 17.5 Å². The van der Waals surface area contributed by atoms with Crippen LogP contribution >= 0.6 is 11.3 Å². The molecule has 0 saturated heterocycles. The molecule has 2 aromatic carbocycles. The summed E-state index contributed by atoms with van der Waals surface area (Å²) < 4.78 is 5.65. The number of fused-ring (bicyclic) bond motifs is 1. The Kier molecular flexibility index (Phi) is 3.93. The average Bonchev–Trinajstić information content (AvgIpc) is 3.17. The Balaban J connectivity index is 1.62. The van der Waals surface area contributed by atoms with E-state index in [9.17, 15) is 19.7 Å². The van der Waals surface area contributed by atoms with Crippen molar-refractivity contribution in [3.05, 3.63) is 74.8 Å². The third-order valence-electron chi connectivity index (χ3n) is 3.94. The maximum atomic E-state index is 12.7. The number of aromatic nitrogens is 1. The number of nitro groups is 1. The van der Waals surface area contributed by atoms with Crippen LogP contribution in [0.15, 0.2) is 48.7 Å². The minimum Gasteiger partial charge on any atom is -0.457 e. The van der Waals surface area contributed by atoms with Crippen LogP contribution in [0.5, 0.6) is 11.5 Å². The quantitative estimate of drug-likeness (QED) is 0.385. The number of hydrogen-bond acceptors (Lipinski definition) is 7. The van der Waals surface area contributed by atoms with Crippen molar-refractivity contribution in [1.82, 2.24) is 4.98 Å². The van der Waals surface area contributed by atoms with E-state index in [1.54, 1.807) is 12.3 Å². The maximum absolute atomic E-state index is 12.7. The van der Waals surface area contributed by atoms with Crippen LogP contribution in [0, 0.1) is 17.0 Å². The zero-order chi connectivity index (χ0) is 19.1. The van der Waals surface area contributed by atoms with Crippen molar-refractivity contribution in [2.45, 2.75) is 6.92 Å². The second-order valence-corrected chi connectivity index (χ2v) is 6.97. The number of amides is 2. The summed E-state index contributed by atoms with van der Waals surface area (Å²) in [6.45, 7) is 1.84. The number of nitro benzene ring substituents is 1. The Morgan fingerprint density at radius 3 is 2.33 bits per heavy atom. The molecule has 27 heavy (non-hydrogen) atoms. The molecule has 0 fully saturated rings. The number of non-ortho nitro benzene ring substituents is 1. The summed E-state index contributed by atoms with van der Waals surface area (Å²) >= 11 is 1.26. The molecule has 0 aliphatic carbocycles. The molecule has 0 saturated carbocycles. The number of rotatable bonds is 4. The molecule has 4 rings (SSSR count). The normalized spacial score (nSPS) is 13.0. The van der Waals surface area contributed by atoms with Gasteiger partial charge in [-0.2, -0.15) is 0 Å². The molecule has 0 N–H and O–H groups in total. The number of ether oxygens (including phenoxy) is 1. The van der Waals surface area contributed by atoms with Crippen molar-refractivity contribution >= 4 is 34.0 Å². The van der Waals surface area contributed by atoms with Gasteiger partial charge in [0.2, 0.25) is 0 Å². The van der Waals surface area contributed by atoms with Crippen LogP contribution in [0.4, 0.5) is 10.8 Å². The van der Waals surface area contributed by atoms with Crippen LogP contribution in [0.2, 0.25) is 0 Å². The van der Waals surface area contributed by atoms with Crippen LogP contribution in [-0.4, -0.2) is 21.7 Å². The first-order valence-electron chi connectivity index (χ1n) is 7.81. The van der Waals surface area contributed by atoms with Gasteiger partial charge in [0, 0.05) is 23.2 Å². The van der Waals surface area contributed by atoms with Gasteiger partial charge in [-0.05, 0) is 37.3 Å². The van der Waals surface area contributed by atoms with Gasteiger partial charge >= 0.3 is 0 Å². The van der Waals surface area contributed by atoms with Crippen LogP contribution < -0.4 is 9.64 Å². The molecule has 2 heterocycles. The molecule has 1 aliphatic heterocycles. The summed E-state index contributed by atoms with van der Waals surface area (Å²) in [5.74, 6) is -0.157. The molecule has 0 bridgehead atoms.